The van der Waals surface area contributed by atoms with Crippen LogP contribution in [0.1, 0.15) is 10.4 Å². The van der Waals surface area contributed by atoms with E-state index < -0.39 is 0 Å². The molecule has 7 nitrogen and oxygen atoms in total. The van der Waals surface area contributed by atoms with E-state index in [0.29, 0.717) is 30.0 Å². The van der Waals surface area contributed by atoms with Crippen molar-refractivity contribution in [1.82, 2.24) is 19.5 Å². The van der Waals surface area contributed by atoms with E-state index >= 15 is 0 Å². The molecule has 1 fully saturated rings. The molecule has 1 amide bonds. The van der Waals surface area contributed by atoms with E-state index in [1.54, 1.807) is 6.07 Å². The molecule has 0 radical (unpaired) electrons. The molecule has 0 saturated carbocycles. The highest BCUT2D eigenvalue weighted by molar-refractivity contribution is 6.00. The topological polar surface area (TPSA) is 74.0 Å². The molecule has 1 saturated heterocycles. The monoisotopic (exact) mass is 399 g/mol. The van der Waals surface area contributed by atoms with Crippen molar-refractivity contribution in [1.29, 1.82) is 0 Å². The second kappa shape index (κ2) is 7.51. The molecule has 0 aliphatic carbocycles. The van der Waals surface area contributed by atoms with Crippen molar-refractivity contribution in [3.8, 4) is 17.1 Å². The Morgan fingerprint density at radius 3 is 2.27 bits per heavy atom. The van der Waals surface area contributed by atoms with Crippen LogP contribution in [0, 0.1) is 0 Å². The Bertz CT molecular complexity index is 1180. The quantitative estimate of drug-likeness (QED) is 0.573. The lowest BCUT2D eigenvalue weighted by Gasteiger charge is -2.36. The summed E-state index contributed by atoms with van der Waals surface area (Å²) >= 11 is 0. The van der Waals surface area contributed by atoms with Gasteiger partial charge in [-0.1, -0.05) is 48.5 Å². The van der Waals surface area contributed by atoms with Gasteiger partial charge in [-0.05, 0) is 12.1 Å². The van der Waals surface area contributed by atoms with Crippen LogP contribution in [0.15, 0.2) is 72.9 Å². The van der Waals surface area contributed by atoms with Gasteiger partial charge in [-0.15, -0.1) is 0 Å². The fourth-order valence-electron chi connectivity index (χ4n) is 3.83. The minimum Gasteiger partial charge on any atom is -0.493 e. The van der Waals surface area contributed by atoms with Crippen LogP contribution < -0.4 is 4.90 Å². The van der Waals surface area contributed by atoms with Crippen LogP contribution in [0.4, 0.5) is 5.69 Å². The minimum atomic E-state index is -0.116. The fourth-order valence-corrected chi connectivity index (χ4v) is 3.83. The largest absolute Gasteiger partial charge is 0.493 e. The SMILES string of the molecule is O=C(c1cnn2c(O)cc(-c3ccccc3)nc12)N1CCN(c2ccccc2)CC1. The predicted molar refractivity (Wildman–Crippen MR) is 115 cm³/mol. The molecule has 0 unspecified atom stereocenters. The Labute approximate surface area is 173 Å². The van der Waals surface area contributed by atoms with Crippen molar-refractivity contribution in [2.45, 2.75) is 0 Å². The molecule has 4 aromatic rings. The Hall–Kier alpha value is -3.87. The molecule has 30 heavy (non-hydrogen) atoms. The van der Waals surface area contributed by atoms with Gasteiger partial charge in [0.15, 0.2) is 5.65 Å². The van der Waals surface area contributed by atoms with E-state index in [2.05, 4.69) is 27.1 Å². The number of carbonyl (C=O) groups excluding carboxylic acids is 1. The van der Waals surface area contributed by atoms with Crippen molar-refractivity contribution < 1.29 is 9.90 Å². The second-order valence-corrected chi connectivity index (χ2v) is 7.27. The average molecular weight is 399 g/mol. The van der Waals surface area contributed by atoms with E-state index in [9.17, 15) is 9.90 Å². The van der Waals surface area contributed by atoms with Crippen molar-refractivity contribution in [2.24, 2.45) is 0 Å². The molecule has 2 aromatic carbocycles. The normalized spacial score (nSPS) is 14.3. The minimum absolute atomic E-state index is 0.0493. The van der Waals surface area contributed by atoms with E-state index in [4.69, 9.17) is 0 Å². The molecule has 1 aliphatic heterocycles. The number of carbonyl (C=O) groups is 1. The summed E-state index contributed by atoms with van der Waals surface area (Å²) in [6.45, 7) is 2.77. The number of aromatic nitrogens is 3. The Morgan fingerprint density at radius 1 is 0.900 bits per heavy atom. The Kier molecular flexibility index (Phi) is 4.55. The van der Waals surface area contributed by atoms with E-state index in [-0.39, 0.29) is 11.8 Å². The maximum atomic E-state index is 13.2. The Balaban J connectivity index is 1.41. The first-order valence-electron chi connectivity index (χ1n) is 9.93. The van der Waals surface area contributed by atoms with Gasteiger partial charge >= 0.3 is 0 Å². The van der Waals surface area contributed by atoms with Gasteiger partial charge in [-0.25, -0.2) is 4.98 Å². The van der Waals surface area contributed by atoms with Gasteiger partial charge in [-0.3, -0.25) is 4.79 Å². The van der Waals surface area contributed by atoms with Crippen LogP contribution in [0.25, 0.3) is 16.9 Å². The summed E-state index contributed by atoms with van der Waals surface area (Å²) in [6, 6.07) is 21.3. The molecule has 0 atom stereocenters. The molecular formula is C23H21N5O2. The van der Waals surface area contributed by atoms with Crippen LogP contribution in [-0.4, -0.2) is 56.7 Å². The maximum Gasteiger partial charge on any atom is 0.259 e. The highest BCUT2D eigenvalue weighted by atomic mass is 16.3. The number of hydrogen-bond donors (Lipinski definition) is 1. The van der Waals surface area contributed by atoms with Gasteiger partial charge in [0.25, 0.3) is 5.91 Å². The van der Waals surface area contributed by atoms with Crippen LogP contribution in [0.2, 0.25) is 0 Å². The zero-order valence-electron chi connectivity index (χ0n) is 16.3. The van der Waals surface area contributed by atoms with Gasteiger partial charge in [0.1, 0.15) is 5.56 Å². The number of para-hydroxylation sites is 1. The number of benzene rings is 2. The highest BCUT2D eigenvalue weighted by Gasteiger charge is 2.26. The number of amides is 1. The molecule has 0 spiro atoms. The van der Waals surface area contributed by atoms with Crippen LogP contribution >= 0.6 is 0 Å². The number of fused-ring (bicyclic) bond motifs is 1. The van der Waals surface area contributed by atoms with E-state index in [0.717, 1.165) is 18.7 Å². The molecule has 0 bridgehead atoms. The summed E-state index contributed by atoms with van der Waals surface area (Å²) < 4.78 is 1.31. The zero-order valence-corrected chi connectivity index (χ0v) is 16.3. The molecule has 150 valence electrons. The predicted octanol–water partition coefficient (Wildman–Crippen LogP) is 3.06. The molecule has 1 N–H and O–H groups in total. The molecule has 5 rings (SSSR count). The number of anilines is 1. The van der Waals surface area contributed by atoms with Crippen LogP contribution in [-0.2, 0) is 0 Å². The summed E-state index contributed by atoms with van der Waals surface area (Å²) in [7, 11) is 0. The summed E-state index contributed by atoms with van der Waals surface area (Å²) in [5.74, 6) is -0.165. The van der Waals surface area contributed by atoms with Crippen molar-refractivity contribution in [2.75, 3.05) is 31.1 Å². The smallest absolute Gasteiger partial charge is 0.259 e. The van der Waals surface area contributed by atoms with Gasteiger partial charge in [0, 0.05) is 43.5 Å². The molecule has 7 heteroatoms. The number of nitrogens with zero attached hydrogens (tertiary/aromatic N) is 5. The first kappa shape index (κ1) is 18.2. The van der Waals surface area contributed by atoms with Crippen molar-refractivity contribution in [3.63, 3.8) is 0 Å². The zero-order chi connectivity index (χ0) is 20.5. The summed E-state index contributed by atoms with van der Waals surface area (Å²) in [6.07, 6.45) is 1.49. The first-order chi connectivity index (χ1) is 14.7. The first-order valence-corrected chi connectivity index (χ1v) is 9.93. The number of aromatic hydroxyl groups is 1. The van der Waals surface area contributed by atoms with Gasteiger partial charge in [-0.2, -0.15) is 9.61 Å². The average Bonchev–Trinajstić information content (AvgIpc) is 3.24. The third kappa shape index (κ3) is 3.24. The second-order valence-electron chi connectivity index (χ2n) is 7.27. The molecular weight excluding hydrogens is 378 g/mol. The van der Waals surface area contributed by atoms with Gasteiger partial charge in [0.05, 0.1) is 11.9 Å². The van der Waals surface area contributed by atoms with Crippen molar-refractivity contribution in [3.05, 3.63) is 78.5 Å². The standard InChI is InChI=1S/C23H21N5O2/c29-21-15-20(17-7-3-1-4-8-17)25-22-19(16-24-28(21)22)23(30)27-13-11-26(12-14-27)18-9-5-2-6-10-18/h1-10,15-16,29H,11-14H2. The van der Waals surface area contributed by atoms with Crippen LogP contribution in [0.5, 0.6) is 5.88 Å². The van der Waals surface area contributed by atoms with E-state index in [1.807, 2.05) is 53.4 Å². The highest BCUT2D eigenvalue weighted by Crippen LogP contribution is 2.25. The summed E-state index contributed by atoms with van der Waals surface area (Å²) in [4.78, 5) is 21.9. The molecule has 2 aromatic heterocycles. The summed E-state index contributed by atoms with van der Waals surface area (Å²) in [5, 5.41) is 14.6. The Morgan fingerprint density at radius 2 is 1.57 bits per heavy atom. The third-order valence-corrected chi connectivity index (χ3v) is 5.44. The van der Waals surface area contributed by atoms with Crippen molar-refractivity contribution >= 4 is 17.2 Å². The summed E-state index contributed by atoms with van der Waals surface area (Å²) in [5.41, 5.74) is 3.40. The van der Waals surface area contributed by atoms with Crippen LogP contribution in [0.3, 0.4) is 0 Å². The fraction of sp³-hybridized carbons (Fsp3) is 0.174. The van der Waals surface area contributed by atoms with Gasteiger partial charge < -0.3 is 14.9 Å². The van der Waals surface area contributed by atoms with E-state index in [1.165, 1.54) is 16.4 Å². The maximum absolute atomic E-state index is 13.2. The third-order valence-electron chi connectivity index (χ3n) is 5.44. The number of hydrogen-bond acceptors (Lipinski definition) is 5. The molecule has 3 heterocycles. The number of piperazine rings is 1. The number of rotatable bonds is 3. The molecule has 1 aliphatic rings. The lowest BCUT2D eigenvalue weighted by Crippen LogP contribution is -2.48. The lowest BCUT2D eigenvalue weighted by molar-refractivity contribution is 0.0748. The van der Waals surface area contributed by atoms with Gasteiger partial charge in [0.2, 0.25) is 5.88 Å². The lowest BCUT2D eigenvalue weighted by atomic mass is 10.1.